The first-order valence-corrected chi connectivity index (χ1v) is 6.83. The van der Waals surface area contributed by atoms with Gasteiger partial charge < -0.3 is 10.1 Å². The zero-order valence-electron chi connectivity index (χ0n) is 12.1. The second kappa shape index (κ2) is 6.10. The summed E-state index contributed by atoms with van der Waals surface area (Å²) in [4.78, 5) is 8.48. The third-order valence-electron chi connectivity index (χ3n) is 3.34. The lowest BCUT2D eigenvalue weighted by Gasteiger charge is -2.11. The average Bonchev–Trinajstić information content (AvgIpc) is 2.59. The summed E-state index contributed by atoms with van der Waals surface area (Å²) in [5, 5.41) is 13.4. The maximum absolute atomic E-state index is 9.12. The van der Waals surface area contributed by atoms with Crippen molar-refractivity contribution in [2.45, 2.75) is 6.54 Å². The van der Waals surface area contributed by atoms with Gasteiger partial charge in [-0.25, -0.2) is 9.97 Å². The van der Waals surface area contributed by atoms with Gasteiger partial charge in [0.25, 0.3) is 0 Å². The van der Waals surface area contributed by atoms with Gasteiger partial charge in [-0.1, -0.05) is 24.3 Å². The number of nitrogens with one attached hydrogen (secondary N) is 1. The molecule has 2 aromatic heterocycles. The molecule has 5 heteroatoms. The van der Waals surface area contributed by atoms with Gasteiger partial charge in [-0.15, -0.1) is 0 Å². The van der Waals surface area contributed by atoms with Gasteiger partial charge in [-0.05, 0) is 18.2 Å². The molecule has 0 aliphatic heterocycles. The summed E-state index contributed by atoms with van der Waals surface area (Å²) in [6, 6.07) is 15.4. The summed E-state index contributed by atoms with van der Waals surface area (Å²) in [7, 11) is 1.60. The second-order valence-electron chi connectivity index (χ2n) is 4.71. The number of nitriles is 1. The molecule has 0 saturated heterocycles. The van der Waals surface area contributed by atoms with Crippen molar-refractivity contribution in [3.63, 3.8) is 0 Å². The van der Waals surface area contributed by atoms with Crippen LogP contribution in [0.3, 0.4) is 0 Å². The molecule has 0 unspecified atom stereocenters. The van der Waals surface area contributed by atoms with Crippen molar-refractivity contribution in [3.8, 4) is 11.9 Å². The zero-order valence-corrected chi connectivity index (χ0v) is 12.1. The largest absolute Gasteiger partial charge is 0.481 e. The number of hydrogen-bond acceptors (Lipinski definition) is 5. The SMILES string of the molecule is COc1ncccc1CNc1cc(C#N)nc2ccccc12. The van der Waals surface area contributed by atoms with Gasteiger partial charge in [0.1, 0.15) is 11.8 Å². The lowest BCUT2D eigenvalue weighted by molar-refractivity contribution is 0.393. The van der Waals surface area contributed by atoms with Crippen LogP contribution in [0.25, 0.3) is 10.9 Å². The van der Waals surface area contributed by atoms with Crippen molar-refractivity contribution >= 4 is 16.6 Å². The van der Waals surface area contributed by atoms with Crippen molar-refractivity contribution in [1.82, 2.24) is 9.97 Å². The summed E-state index contributed by atoms with van der Waals surface area (Å²) < 4.78 is 5.25. The monoisotopic (exact) mass is 290 g/mol. The molecule has 3 aromatic rings. The molecule has 3 rings (SSSR count). The predicted molar refractivity (Wildman–Crippen MR) is 84.6 cm³/mol. The lowest BCUT2D eigenvalue weighted by Crippen LogP contribution is -2.04. The first-order valence-electron chi connectivity index (χ1n) is 6.83. The fourth-order valence-corrected chi connectivity index (χ4v) is 2.31. The van der Waals surface area contributed by atoms with Gasteiger partial charge in [0.05, 0.1) is 12.6 Å². The first-order chi connectivity index (χ1) is 10.8. The molecular weight excluding hydrogens is 276 g/mol. The highest BCUT2D eigenvalue weighted by Crippen LogP contribution is 2.24. The van der Waals surface area contributed by atoms with Crippen LogP contribution in [0.2, 0.25) is 0 Å². The minimum Gasteiger partial charge on any atom is -0.481 e. The van der Waals surface area contributed by atoms with Crippen molar-refractivity contribution < 1.29 is 4.74 Å². The smallest absolute Gasteiger partial charge is 0.218 e. The summed E-state index contributed by atoms with van der Waals surface area (Å²) in [5.41, 5.74) is 3.00. The number of para-hydroxylation sites is 1. The number of hydrogen-bond donors (Lipinski definition) is 1. The Morgan fingerprint density at radius 3 is 2.91 bits per heavy atom. The highest BCUT2D eigenvalue weighted by Gasteiger charge is 2.07. The van der Waals surface area contributed by atoms with E-state index in [9.17, 15) is 0 Å². The maximum atomic E-state index is 9.12. The third-order valence-corrected chi connectivity index (χ3v) is 3.34. The Morgan fingerprint density at radius 2 is 2.09 bits per heavy atom. The van der Waals surface area contributed by atoms with Gasteiger partial charge >= 0.3 is 0 Å². The minimum absolute atomic E-state index is 0.388. The van der Waals surface area contributed by atoms with E-state index in [1.165, 1.54) is 0 Å². The van der Waals surface area contributed by atoms with Crippen LogP contribution in [0.1, 0.15) is 11.3 Å². The van der Waals surface area contributed by atoms with Crippen LogP contribution in [-0.4, -0.2) is 17.1 Å². The molecule has 0 amide bonds. The molecule has 0 bridgehead atoms. The number of methoxy groups -OCH3 is 1. The Labute approximate surface area is 128 Å². The molecule has 0 aliphatic carbocycles. The average molecular weight is 290 g/mol. The predicted octanol–water partition coefficient (Wildman–Crippen LogP) is 3.12. The number of ether oxygens (including phenoxy) is 1. The van der Waals surface area contributed by atoms with Crippen molar-refractivity contribution in [1.29, 1.82) is 5.26 Å². The first kappa shape index (κ1) is 13.8. The van der Waals surface area contributed by atoms with E-state index in [-0.39, 0.29) is 0 Å². The molecule has 0 saturated carbocycles. The zero-order chi connectivity index (χ0) is 15.4. The van der Waals surface area contributed by atoms with Crippen LogP contribution >= 0.6 is 0 Å². The fraction of sp³-hybridized carbons (Fsp3) is 0.118. The van der Waals surface area contributed by atoms with E-state index in [4.69, 9.17) is 10.00 Å². The van der Waals surface area contributed by atoms with Crippen LogP contribution in [0, 0.1) is 11.3 Å². The summed E-state index contributed by atoms with van der Waals surface area (Å²) >= 11 is 0. The van der Waals surface area contributed by atoms with Gasteiger partial charge in [0.15, 0.2) is 0 Å². The number of benzene rings is 1. The van der Waals surface area contributed by atoms with E-state index in [2.05, 4.69) is 21.4 Å². The molecule has 22 heavy (non-hydrogen) atoms. The molecule has 2 heterocycles. The molecule has 1 N–H and O–H groups in total. The summed E-state index contributed by atoms with van der Waals surface area (Å²) in [5.74, 6) is 0.592. The number of aromatic nitrogens is 2. The maximum Gasteiger partial charge on any atom is 0.218 e. The van der Waals surface area contributed by atoms with Crippen molar-refractivity contribution in [2.75, 3.05) is 12.4 Å². The molecule has 0 atom stereocenters. The molecule has 1 aromatic carbocycles. The van der Waals surface area contributed by atoms with E-state index in [0.29, 0.717) is 18.1 Å². The van der Waals surface area contributed by atoms with Crippen LogP contribution < -0.4 is 10.1 Å². The number of nitrogens with zero attached hydrogens (tertiary/aromatic N) is 3. The second-order valence-corrected chi connectivity index (χ2v) is 4.71. The van der Waals surface area contributed by atoms with E-state index in [0.717, 1.165) is 22.2 Å². The van der Waals surface area contributed by atoms with Crippen LogP contribution in [0.4, 0.5) is 5.69 Å². The van der Waals surface area contributed by atoms with Crippen LogP contribution in [0.5, 0.6) is 5.88 Å². The topological polar surface area (TPSA) is 70.8 Å². The Bertz CT molecular complexity index is 855. The van der Waals surface area contributed by atoms with E-state index in [1.807, 2.05) is 36.4 Å². The highest BCUT2D eigenvalue weighted by molar-refractivity contribution is 5.91. The molecule has 0 fully saturated rings. The molecule has 5 nitrogen and oxygen atoms in total. The Hall–Kier alpha value is -3.13. The van der Waals surface area contributed by atoms with E-state index < -0.39 is 0 Å². The molecule has 0 radical (unpaired) electrons. The summed E-state index contributed by atoms with van der Waals surface area (Å²) in [6.45, 7) is 0.551. The Balaban J connectivity index is 1.95. The highest BCUT2D eigenvalue weighted by atomic mass is 16.5. The van der Waals surface area contributed by atoms with Gasteiger partial charge in [0, 0.05) is 29.4 Å². The van der Waals surface area contributed by atoms with Gasteiger partial charge in [-0.2, -0.15) is 5.26 Å². The standard InChI is InChI=1S/C17H14N4O/c1-22-17-12(5-4-8-19-17)11-20-16-9-13(10-18)21-15-7-3-2-6-14(15)16/h2-9H,11H2,1H3,(H,20,21). The Kier molecular flexibility index (Phi) is 3.84. The third kappa shape index (κ3) is 2.67. The number of rotatable bonds is 4. The van der Waals surface area contributed by atoms with Gasteiger partial charge in [-0.3, -0.25) is 0 Å². The van der Waals surface area contributed by atoms with Gasteiger partial charge in [0.2, 0.25) is 5.88 Å². The number of fused-ring (bicyclic) bond motifs is 1. The normalized spacial score (nSPS) is 10.2. The van der Waals surface area contributed by atoms with Crippen LogP contribution in [0.15, 0.2) is 48.7 Å². The minimum atomic E-state index is 0.388. The van der Waals surface area contributed by atoms with Crippen molar-refractivity contribution in [2.24, 2.45) is 0 Å². The van der Waals surface area contributed by atoms with E-state index in [1.54, 1.807) is 19.4 Å². The number of pyridine rings is 2. The molecular formula is C17H14N4O. The molecule has 0 spiro atoms. The lowest BCUT2D eigenvalue weighted by atomic mass is 10.1. The fourth-order valence-electron chi connectivity index (χ4n) is 2.31. The molecule has 108 valence electrons. The quantitative estimate of drug-likeness (QED) is 0.799. The van der Waals surface area contributed by atoms with Crippen LogP contribution in [-0.2, 0) is 6.54 Å². The Morgan fingerprint density at radius 1 is 1.23 bits per heavy atom. The summed E-state index contributed by atoms with van der Waals surface area (Å²) in [6.07, 6.45) is 1.69. The number of anilines is 1. The van der Waals surface area contributed by atoms with Crippen molar-refractivity contribution in [3.05, 3.63) is 59.9 Å². The molecule has 0 aliphatic rings. The van der Waals surface area contributed by atoms with E-state index >= 15 is 0 Å².